The predicted octanol–water partition coefficient (Wildman–Crippen LogP) is 1.22. The van der Waals surface area contributed by atoms with E-state index in [-0.39, 0.29) is 31.3 Å². The van der Waals surface area contributed by atoms with E-state index in [0.29, 0.717) is 12.1 Å². The molecule has 0 saturated heterocycles. The number of nitrogens with one attached hydrogen (secondary N) is 1. The van der Waals surface area contributed by atoms with E-state index in [2.05, 4.69) is 5.32 Å². The number of hydrogen-bond donors (Lipinski definition) is 2. The molecule has 0 aliphatic rings. The van der Waals surface area contributed by atoms with Crippen molar-refractivity contribution >= 4 is 5.91 Å². The Morgan fingerprint density at radius 2 is 2.29 bits per heavy atom. The first-order valence-corrected chi connectivity index (χ1v) is 5.46. The molecule has 0 fully saturated rings. The molecule has 2 N–H and O–H groups in total. The van der Waals surface area contributed by atoms with Crippen molar-refractivity contribution in [3.8, 4) is 5.75 Å². The first-order valence-electron chi connectivity index (χ1n) is 5.46. The highest BCUT2D eigenvalue weighted by molar-refractivity contribution is 5.75. The molecule has 1 amide bonds. The van der Waals surface area contributed by atoms with Crippen molar-refractivity contribution in [1.82, 2.24) is 5.32 Å². The molecule has 0 aromatic heterocycles. The molecule has 0 saturated carbocycles. The molecule has 0 bridgehead atoms. The number of aliphatic hydroxyl groups excluding tert-OH is 1. The van der Waals surface area contributed by atoms with Crippen LogP contribution in [0.2, 0.25) is 0 Å². The Labute approximate surface area is 99.4 Å². The molecule has 0 aliphatic carbocycles. The Kier molecular flexibility index (Phi) is 5.42. The number of rotatable bonds is 6. The van der Waals surface area contributed by atoms with E-state index in [1.807, 2.05) is 6.92 Å². The summed E-state index contributed by atoms with van der Waals surface area (Å²) in [6, 6.07) is 4.32. The third-order valence-electron chi connectivity index (χ3n) is 2.17. The SMILES string of the molecule is CCNC(=O)CCOc1c(F)cccc1CO. The minimum Gasteiger partial charge on any atom is -0.490 e. The molecule has 0 heterocycles. The Morgan fingerprint density at radius 3 is 2.94 bits per heavy atom. The molecule has 94 valence electrons. The first kappa shape index (κ1) is 13.4. The Hall–Kier alpha value is -1.62. The van der Waals surface area contributed by atoms with Crippen LogP contribution in [0.3, 0.4) is 0 Å². The highest BCUT2D eigenvalue weighted by atomic mass is 19.1. The van der Waals surface area contributed by atoms with Crippen molar-refractivity contribution in [2.24, 2.45) is 0 Å². The molecule has 5 heteroatoms. The van der Waals surface area contributed by atoms with Gasteiger partial charge in [-0.1, -0.05) is 12.1 Å². The van der Waals surface area contributed by atoms with Gasteiger partial charge < -0.3 is 15.2 Å². The van der Waals surface area contributed by atoms with Gasteiger partial charge in [-0.15, -0.1) is 0 Å². The predicted molar refractivity (Wildman–Crippen MR) is 61.1 cm³/mol. The first-order chi connectivity index (χ1) is 8.19. The van der Waals surface area contributed by atoms with Crippen molar-refractivity contribution in [3.63, 3.8) is 0 Å². The van der Waals surface area contributed by atoms with E-state index in [9.17, 15) is 9.18 Å². The van der Waals surface area contributed by atoms with E-state index in [1.54, 1.807) is 6.07 Å². The van der Waals surface area contributed by atoms with Crippen LogP contribution in [0, 0.1) is 5.82 Å². The number of hydrogen-bond acceptors (Lipinski definition) is 3. The molecule has 17 heavy (non-hydrogen) atoms. The lowest BCUT2D eigenvalue weighted by molar-refractivity contribution is -0.121. The average molecular weight is 241 g/mol. The third-order valence-corrected chi connectivity index (χ3v) is 2.17. The topological polar surface area (TPSA) is 58.6 Å². The molecule has 0 aliphatic heterocycles. The van der Waals surface area contributed by atoms with E-state index in [0.717, 1.165) is 0 Å². The molecule has 4 nitrogen and oxygen atoms in total. The maximum absolute atomic E-state index is 13.4. The summed E-state index contributed by atoms with van der Waals surface area (Å²) in [5, 5.41) is 11.6. The maximum atomic E-state index is 13.4. The molecule has 0 unspecified atom stereocenters. The van der Waals surface area contributed by atoms with Crippen LogP contribution in [0.5, 0.6) is 5.75 Å². The summed E-state index contributed by atoms with van der Waals surface area (Å²) < 4.78 is 18.6. The lowest BCUT2D eigenvalue weighted by atomic mass is 10.2. The van der Waals surface area contributed by atoms with Crippen LogP contribution in [0.1, 0.15) is 18.9 Å². The van der Waals surface area contributed by atoms with Gasteiger partial charge in [-0.25, -0.2) is 4.39 Å². The third kappa shape index (κ3) is 4.03. The zero-order valence-electron chi connectivity index (χ0n) is 9.70. The lowest BCUT2D eigenvalue weighted by Gasteiger charge is -2.10. The van der Waals surface area contributed by atoms with Crippen LogP contribution in [-0.2, 0) is 11.4 Å². The van der Waals surface area contributed by atoms with Gasteiger partial charge in [-0.3, -0.25) is 4.79 Å². The minimum atomic E-state index is -0.535. The van der Waals surface area contributed by atoms with Crippen molar-refractivity contribution in [2.45, 2.75) is 20.0 Å². The van der Waals surface area contributed by atoms with Gasteiger partial charge >= 0.3 is 0 Å². The summed E-state index contributed by atoms with van der Waals surface area (Å²) in [7, 11) is 0. The fourth-order valence-electron chi connectivity index (χ4n) is 1.37. The van der Waals surface area contributed by atoms with Crippen LogP contribution < -0.4 is 10.1 Å². The van der Waals surface area contributed by atoms with E-state index in [1.165, 1.54) is 12.1 Å². The second kappa shape index (κ2) is 6.85. The van der Waals surface area contributed by atoms with Crippen LogP contribution >= 0.6 is 0 Å². The van der Waals surface area contributed by atoms with Gasteiger partial charge in [0.05, 0.1) is 19.6 Å². The van der Waals surface area contributed by atoms with Crippen molar-refractivity contribution in [2.75, 3.05) is 13.2 Å². The van der Waals surface area contributed by atoms with Gasteiger partial charge in [0.25, 0.3) is 0 Å². The zero-order chi connectivity index (χ0) is 12.7. The Balaban J connectivity index is 2.54. The summed E-state index contributed by atoms with van der Waals surface area (Å²) in [5.74, 6) is -0.666. The van der Waals surface area contributed by atoms with Crippen molar-refractivity contribution < 1.29 is 19.0 Å². The number of halogens is 1. The molecular weight excluding hydrogens is 225 g/mol. The number of para-hydroxylation sites is 1. The highest BCUT2D eigenvalue weighted by Crippen LogP contribution is 2.22. The van der Waals surface area contributed by atoms with E-state index < -0.39 is 5.82 Å². The number of aliphatic hydroxyl groups is 1. The van der Waals surface area contributed by atoms with Gasteiger partial charge in [-0.2, -0.15) is 0 Å². The Bertz CT molecular complexity index is 382. The maximum Gasteiger partial charge on any atom is 0.223 e. The standard InChI is InChI=1S/C12H16FNO3/c1-2-14-11(16)6-7-17-12-9(8-15)4-3-5-10(12)13/h3-5,15H,2,6-8H2,1H3,(H,14,16). The van der Waals surface area contributed by atoms with Gasteiger partial charge in [0.1, 0.15) is 0 Å². The molecule has 1 rings (SSSR count). The second-order valence-corrected chi connectivity index (χ2v) is 3.44. The smallest absolute Gasteiger partial charge is 0.223 e. The summed E-state index contributed by atoms with van der Waals surface area (Å²) in [5.41, 5.74) is 0.376. The van der Waals surface area contributed by atoms with Gasteiger partial charge in [0.2, 0.25) is 5.91 Å². The highest BCUT2D eigenvalue weighted by Gasteiger charge is 2.09. The molecule has 1 aromatic carbocycles. The summed E-state index contributed by atoms with van der Waals surface area (Å²) >= 11 is 0. The summed E-state index contributed by atoms with van der Waals surface area (Å²) in [6.45, 7) is 2.16. The van der Waals surface area contributed by atoms with Gasteiger partial charge in [0, 0.05) is 12.1 Å². The molecular formula is C12H16FNO3. The zero-order valence-corrected chi connectivity index (χ0v) is 9.70. The fourth-order valence-corrected chi connectivity index (χ4v) is 1.37. The lowest BCUT2D eigenvalue weighted by Crippen LogP contribution is -2.24. The largest absolute Gasteiger partial charge is 0.490 e. The molecule has 0 spiro atoms. The van der Waals surface area contributed by atoms with Crippen molar-refractivity contribution in [3.05, 3.63) is 29.6 Å². The van der Waals surface area contributed by atoms with Crippen LogP contribution in [0.15, 0.2) is 18.2 Å². The van der Waals surface area contributed by atoms with E-state index in [4.69, 9.17) is 9.84 Å². The molecule has 0 atom stereocenters. The molecule has 0 radical (unpaired) electrons. The number of carbonyl (C=O) groups is 1. The van der Waals surface area contributed by atoms with Crippen LogP contribution in [0.25, 0.3) is 0 Å². The monoisotopic (exact) mass is 241 g/mol. The van der Waals surface area contributed by atoms with Crippen LogP contribution in [0.4, 0.5) is 4.39 Å². The quantitative estimate of drug-likeness (QED) is 0.787. The summed E-state index contributed by atoms with van der Waals surface area (Å²) in [6.07, 6.45) is 0.160. The number of carbonyl (C=O) groups excluding carboxylic acids is 1. The minimum absolute atomic E-state index is 0.0132. The fraction of sp³-hybridized carbons (Fsp3) is 0.417. The normalized spacial score (nSPS) is 10.1. The van der Waals surface area contributed by atoms with Gasteiger partial charge in [0.15, 0.2) is 11.6 Å². The van der Waals surface area contributed by atoms with Gasteiger partial charge in [-0.05, 0) is 13.0 Å². The van der Waals surface area contributed by atoms with Crippen molar-refractivity contribution in [1.29, 1.82) is 0 Å². The Morgan fingerprint density at radius 1 is 1.53 bits per heavy atom. The van der Waals surface area contributed by atoms with Crippen LogP contribution in [-0.4, -0.2) is 24.2 Å². The molecule has 1 aromatic rings. The van der Waals surface area contributed by atoms with E-state index >= 15 is 0 Å². The number of amides is 1. The number of benzene rings is 1. The number of ether oxygens (including phenoxy) is 1. The summed E-state index contributed by atoms with van der Waals surface area (Å²) in [4.78, 5) is 11.1. The second-order valence-electron chi connectivity index (χ2n) is 3.44. The average Bonchev–Trinajstić information content (AvgIpc) is 2.31.